The summed E-state index contributed by atoms with van der Waals surface area (Å²) in [6.07, 6.45) is 3.99. The molecule has 2 amide bonds. The van der Waals surface area contributed by atoms with Gasteiger partial charge in [0.05, 0.1) is 4.88 Å². The van der Waals surface area contributed by atoms with Crippen molar-refractivity contribution in [2.45, 2.75) is 31.7 Å². The van der Waals surface area contributed by atoms with Crippen molar-refractivity contribution in [3.63, 3.8) is 0 Å². The van der Waals surface area contributed by atoms with Crippen LogP contribution >= 0.6 is 11.3 Å². The average molecular weight is 370 g/mol. The maximum Gasteiger partial charge on any atom is 0.263 e. The molecule has 1 spiro atoms. The van der Waals surface area contributed by atoms with Crippen LogP contribution in [0.4, 0.5) is 0 Å². The van der Waals surface area contributed by atoms with Gasteiger partial charge in [0.25, 0.3) is 11.8 Å². The molecule has 26 heavy (non-hydrogen) atoms. The molecule has 0 atom stereocenters. The summed E-state index contributed by atoms with van der Waals surface area (Å²) in [5.74, 6) is 0.217. The van der Waals surface area contributed by atoms with Crippen LogP contribution in [0.3, 0.4) is 0 Å². The van der Waals surface area contributed by atoms with Gasteiger partial charge in [0.1, 0.15) is 5.75 Å². The smallest absolute Gasteiger partial charge is 0.263 e. The number of piperidine rings is 1. The number of hydrogen-bond acceptors (Lipinski definition) is 4. The molecule has 2 heterocycles. The zero-order chi connectivity index (χ0) is 18.1. The molecule has 0 radical (unpaired) electrons. The molecule has 0 bridgehead atoms. The van der Waals surface area contributed by atoms with Crippen LogP contribution in [-0.4, -0.2) is 41.0 Å². The van der Waals surface area contributed by atoms with Crippen LogP contribution in [0.1, 0.15) is 45.7 Å². The summed E-state index contributed by atoms with van der Waals surface area (Å²) in [6.45, 7) is 1.60. The standard InChI is InChI=1S/C20H22N2O3S/c23-16-5-3-14(4-6-16)18(24)21-15-12-20(13-15)7-9-22(10-8-20)19(25)17-2-1-11-26-17/h1-6,11,15,23H,7-10,12-13H2,(H,21,24). The fourth-order valence-electron chi connectivity index (χ4n) is 4.12. The number of benzene rings is 1. The Morgan fingerprint density at radius 3 is 2.42 bits per heavy atom. The maximum absolute atomic E-state index is 12.4. The van der Waals surface area contributed by atoms with Gasteiger partial charge in [0, 0.05) is 24.7 Å². The second-order valence-corrected chi connectivity index (χ2v) is 8.34. The third-order valence-electron chi connectivity index (χ3n) is 5.67. The van der Waals surface area contributed by atoms with Crippen LogP contribution in [0, 0.1) is 5.41 Å². The van der Waals surface area contributed by atoms with Crippen molar-refractivity contribution in [2.24, 2.45) is 5.41 Å². The number of likely N-dealkylation sites (tertiary alicyclic amines) is 1. The number of carbonyl (C=O) groups excluding carboxylic acids is 2. The van der Waals surface area contributed by atoms with E-state index in [1.54, 1.807) is 12.1 Å². The quantitative estimate of drug-likeness (QED) is 0.871. The lowest BCUT2D eigenvalue weighted by Crippen LogP contribution is -2.55. The number of rotatable bonds is 3. The van der Waals surface area contributed by atoms with Gasteiger partial charge in [0.15, 0.2) is 0 Å². The number of nitrogens with zero attached hydrogens (tertiary/aromatic N) is 1. The van der Waals surface area contributed by atoms with Gasteiger partial charge in [-0.25, -0.2) is 0 Å². The van der Waals surface area contributed by atoms with E-state index in [2.05, 4.69) is 5.32 Å². The van der Waals surface area contributed by atoms with Crippen molar-refractivity contribution in [3.05, 3.63) is 52.2 Å². The largest absolute Gasteiger partial charge is 0.508 e. The van der Waals surface area contributed by atoms with Crippen LogP contribution in [0.2, 0.25) is 0 Å². The van der Waals surface area contributed by atoms with Gasteiger partial charge in [-0.15, -0.1) is 11.3 Å². The highest BCUT2D eigenvalue weighted by Gasteiger charge is 2.46. The minimum atomic E-state index is -0.0878. The van der Waals surface area contributed by atoms with E-state index < -0.39 is 0 Å². The third kappa shape index (κ3) is 3.33. The highest BCUT2D eigenvalue weighted by Crippen LogP contribution is 2.49. The van der Waals surface area contributed by atoms with Crippen LogP contribution < -0.4 is 5.32 Å². The molecule has 1 aromatic carbocycles. The maximum atomic E-state index is 12.4. The highest BCUT2D eigenvalue weighted by atomic mass is 32.1. The van der Waals surface area contributed by atoms with Crippen LogP contribution in [0.5, 0.6) is 5.75 Å². The van der Waals surface area contributed by atoms with E-state index in [1.165, 1.54) is 23.5 Å². The minimum Gasteiger partial charge on any atom is -0.508 e. The van der Waals surface area contributed by atoms with Gasteiger partial charge in [-0.1, -0.05) is 6.07 Å². The number of aromatic hydroxyl groups is 1. The van der Waals surface area contributed by atoms with Gasteiger partial charge in [-0.2, -0.15) is 0 Å². The van der Waals surface area contributed by atoms with E-state index in [4.69, 9.17) is 0 Å². The molecule has 2 aliphatic rings. The van der Waals surface area contributed by atoms with E-state index in [9.17, 15) is 14.7 Å². The van der Waals surface area contributed by atoms with Gasteiger partial charge >= 0.3 is 0 Å². The molecule has 6 heteroatoms. The molecule has 2 N–H and O–H groups in total. The molecule has 1 aromatic heterocycles. The average Bonchev–Trinajstić information content (AvgIpc) is 3.15. The Labute approximate surface area is 156 Å². The van der Waals surface area contributed by atoms with Crippen LogP contribution in [0.15, 0.2) is 41.8 Å². The lowest BCUT2D eigenvalue weighted by Gasteiger charge is -2.52. The Balaban J connectivity index is 1.26. The Hall–Kier alpha value is -2.34. The Kier molecular flexibility index (Phi) is 4.44. The summed E-state index contributed by atoms with van der Waals surface area (Å²) in [4.78, 5) is 27.5. The fraction of sp³-hybridized carbons (Fsp3) is 0.400. The summed E-state index contributed by atoms with van der Waals surface area (Å²) in [5.41, 5.74) is 0.846. The topological polar surface area (TPSA) is 69.6 Å². The monoisotopic (exact) mass is 370 g/mol. The molecule has 1 saturated heterocycles. The fourth-order valence-corrected chi connectivity index (χ4v) is 4.81. The van der Waals surface area contributed by atoms with Crippen LogP contribution in [-0.2, 0) is 0 Å². The normalized spacial score (nSPS) is 19.2. The first-order chi connectivity index (χ1) is 12.5. The van der Waals surface area contributed by atoms with Crippen molar-refractivity contribution >= 4 is 23.2 Å². The van der Waals surface area contributed by atoms with E-state index in [0.29, 0.717) is 5.56 Å². The summed E-state index contributed by atoms with van der Waals surface area (Å²) in [6, 6.07) is 10.3. The lowest BCUT2D eigenvalue weighted by atomic mass is 9.60. The number of phenolic OH excluding ortho intramolecular Hbond substituents is 1. The van der Waals surface area contributed by atoms with Crippen molar-refractivity contribution < 1.29 is 14.7 Å². The van der Waals surface area contributed by atoms with E-state index in [-0.39, 0.29) is 29.0 Å². The van der Waals surface area contributed by atoms with Gasteiger partial charge in [0.2, 0.25) is 0 Å². The third-order valence-corrected chi connectivity index (χ3v) is 6.52. The SMILES string of the molecule is O=C(NC1CC2(CCN(C(=O)c3cccs3)CC2)C1)c1ccc(O)cc1. The molecule has 1 saturated carbocycles. The van der Waals surface area contributed by atoms with Gasteiger partial charge < -0.3 is 15.3 Å². The van der Waals surface area contributed by atoms with E-state index in [0.717, 1.165) is 43.6 Å². The molecule has 2 fully saturated rings. The number of thiophene rings is 1. The molecule has 5 nitrogen and oxygen atoms in total. The van der Waals surface area contributed by atoms with Crippen LogP contribution in [0.25, 0.3) is 0 Å². The summed E-state index contributed by atoms with van der Waals surface area (Å²) in [5, 5.41) is 14.3. The molecule has 0 unspecified atom stereocenters. The Morgan fingerprint density at radius 2 is 1.81 bits per heavy atom. The predicted octanol–water partition coefficient (Wildman–Crippen LogP) is 3.27. The number of phenols is 1. The second kappa shape index (κ2) is 6.76. The number of carbonyl (C=O) groups is 2. The first-order valence-electron chi connectivity index (χ1n) is 8.97. The zero-order valence-electron chi connectivity index (χ0n) is 14.5. The van der Waals surface area contributed by atoms with E-state index in [1.807, 2.05) is 22.4 Å². The van der Waals surface area contributed by atoms with Crippen molar-refractivity contribution in [2.75, 3.05) is 13.1 Å². The zero-order valence-corrected chi connectivity index (χ0v) is 15.3. The number of hydrogen-bond donors (Lipinski definition) is 2. The molecular weight excluding hydrogens is 348 g/mol. The minimum absolute atomic E-state index is 0.0878. The number of nitrogens with one attached hydrogen (secondary N) is 1. The Morgan fingerprint density at radius 1 is 1.12 bits per heavy atom. The molecule has 2 aromatic rings. The first kappa shape index (κ1) is 17.1. The molecule has 4 rings (SSSR count). The van der Waals surface area contributed by atoms with Crippen molar-refractivity contribution in [1.82, 2.24) is 10.2 Å². The molecule has 1 aliphatic heterocycles. The lowest BCUT2D eigenvalue weighted by molar-refractivity contribution is 0.00881. The highest BCUT2D eigenvalue weighted by molar-refractivity contribution is 7.12. The summed E-state index contributed by atoms with van der Waals surface area (Å²) in [7, 11) is 0. The molecular formula is C20H22N2O3S. The van der Waals surface area contributed by atoms with Crippen molar-refractivity contribution in [3.8, 4) is 5.75 Å². The summed E-state index contributed by atoms with van der Waals surface area (Å²) >= 11 is 1.50. The molecule has 136 valence electrons. The van der Waals surface area contributed by atoms with Gasteiger partial charge in [-0.05, 0) is 66.8 Å². The predicted molar refractivity (Wildman–Crippen MR) is 100 cm³/mol. The van der Waals surface area contributed by atoms with Crippen molar-refractivity contribution in [1.29, 1.82) is 0 Å². The van der Waals surface area contributed by atoms with Gasteiger partial charge in [-0.3, -0.25) is 9.59 Å². The first-order valence-corrected chi connectivity index (χ1v) is 9.85. The number of amides is 2. The molecule has 1 aliphatic carbocycles. The second-order valence-electron chi connectivity index (χ2n) is 7.40. The summed E-state index contributed by atoms with van der Waals surface area (Å²) < 4.78 is 0. The van der Waals surface area contributed by atoms with E-state index >= 15 is 0 Å². The Bertz CT molecular complexity index is 785.